The first-order valence-corrected chi connectivity index (χ1v) is 5.92. The van der Waals surface area contributed by atoms with Crippen LogP contribution in [-0.2, 0) is 0 Å². The van der Waals surface area contributed by atoms with Crippen molar-refractivity contribution in [3.63, 3.8) is 0 Å². The number of rotatable bonds is 2. The van der Waals surface area contributed by atoms with Crippen LogP contribution in [-0.4, -0.2) is 9.97 Å². The number of hydrogen-bond donors (Lipinski definition) is 1. The van der Waals surface area contributed by atoms with Crippen molar-refractivity contribution in [1.82, 2.24) is 9.97 Å². The highest BCUT2D eigenvalue weighted by Crippen LogP contribution is 2.26. The minimum atomic E-state index is -0.414. The molecule has 2 aromatic rings. The Hall–Kier alpha value is -1.68. The highest BCUT2D eigenvalue weighted by atomic mass is 35.5. The molecule has 0 unspecified atom stereocenters. The van der Waals surface area contributed by atoms with E-state index in [9.17, 15) is 9.18 Å². The molecular formula is C13H12ClFN2O. The molecule has 0 spiro atoms. The molecule has 3 nitrogen and oxygen atoms in total. The molecule has 1 N–H and O–H groups in total. The van der Waals surface area contributed by atoms with E-state index in [2.05, 4.69) is 9.97 Å². The van der Waals surface area contributed by atoms with E-state index < -0.39 is 5.82 Å². The van der Waals surface area contributed by atoms with Crippen molar-refractivity contribution in [2.24, 2.45) is 0 Å². The second-order valence-electron chi connectivity index (χ2n) is 4.29. The zero-order chi connectivity index (χ0) is 13.3. The molecule has 0 saturated heterocycles. The maximum absolute atomic E-state index is 13.2. The standard InChI is InChI=1S/C13H12ClFN2O/c1-7(2)13-16-11(6-12(18)17-13)9-5-8(15)3-4-10(9)14/h3-7H,1-2H3,(H,16,17,18). The molecule has 0 aliphatic heterocycles. The lowest BCUT2D eigenvalue weighted by molar-refractivity contribution is 0.628. The van der Waals surface area contributed by atoms with Gasteiger partial charge in [-0.2, -0.15) is 0 Å². The molecule has 5 heteroatoms. The van der Waals surface area contributed by atoms with Crippen molar-refractivity contribution in [2.45, 2.75) is 19.8 Å². The summed E-state index contributed by atoms with van der Waals surface area (Å²) in [5.41, 5.74) is 0.528. The lowest BCUT2D eigenvalue weighted by Crippen LogP contribution is -2.12. The quantitative estimate of drug-likeness (QED) is 0.906. The summed E-state index contributed by atoms with van der Waals surface area (Å²) in [6.07, 6.45) is 0. The van der Waals surface area contributed by atoms with Gasteiger partial charge < -0.3 is 4.98 Å². The van der Waals surface area contributed by atoms with Crippen LogP contribution in [0, 0.1) is 5.82 Å². The average Bonchev–Trinajstić information content (AvgIpc) is 2.31. The third-order valence-corrected chi connectivity index (χ3v) is 2.84. The molecule has 0 atom stereocenters. The molecule has 2 rings (SSSR count). The molecule has 1 aromatic carbocycles. The van der Waals surface area contributed by atoms with Crippen molar-refractivity contribution >= 4 is 11.6 Å². The Kier molecular flexibility index (Phi) is 3.48. The molecule has 18 heavy (non-hydrogen) atoms. The van der Waals surface area contributed by atoms with E-state index in [0.717, 1.165) is 0 Å². The molecule has 0 amide bonds. The fourth-order valence-corrected chi connectivity index (χ4v) is 1.80. The second kappa shape index (κ2) is 4.90. The fourth-order valence-electron chi connectivity index (χ4n) is 1.58. The third kappa shape index (κ3) is 2.59. The van der Waals surface area contributed by atoms with Crippen molar-refractivity contribution in [3.8, 4) is 11.3 Å². The number of aromatic amines is 1. The Labute approximate surface area is 109 Å². The monoisotopic (exact) mass is 266 g/mol. The van der Waals surface area contributed by atoms with Gasteiger partial charge in [0.2, 0.25) is 0 Å². The Morgan fingerprint density at radius 3 is 2.72 bits per heavy atom. The summed E-state index contributed by atoms with van der Waals surface area (Å²) >= 11 is 6.00. The summed E-state index contributed by atoms with van der Waals surface area (Å²) in [6.45, 7) is 3.82. The van der Waals surface area contributed by atoms with E-state index in [1.54, 1.807) is 0 Å². The molecule has 0 saturated carbocycles. The summed E-state index contributed by atoms with van der Waals surface area (Å²) in [7, 11) is 0. The molecule has 0 bridgehead atoms. The lowest BCUT2D eigenvalue weighted by atomic mass is 10.1. The summed E-state index contributed by atoms with van der Waals surface area (Å²) in [5, 5.41) is 0.365. The number of nitrogens with zero attached hydrogens (tertiary/aromatic N) is 1. The zero-order valence-corrected chi connectivity index (χ0v) is 10.8. The van der Waals surface area contributed by atoms with Gasteiger partial charge in [-0.05, 0) is 18.2 Å². The van der Waals surface area contributed by atoms with Gasteiger partial charge in [-0.15, -0.1) is 0 Å². The lowest BCUT2D eigenvalue weighted by Gasteiger charge is -2.08. The van der Waals surface area contributed by atoms with Gasteiger partial charge in [0, 0.05) is 17.5 Å². The van der Waals surface area contributed by atoms with Crippen LogP contribution in [0.1, 0.15) is 25.6 Å². The summed E-state index contributed by atoms with van der Waals surface area (Å²) in [6, 6.07) is 5.30. The maximum atomic E-state index is 13.2. The molecule has 0 aliphatic rings. The Bertz CT molecular complexity index is 637. The fraction of sp³-hybridized carbons (Fsp3) is 0.231. The minimum Gasteiger partial charge on any atom is -0.310 e. The SMILES string of the molecule is CC(C)c1nc(-c2cc(F)ccc2Cl)cc(=O)[nH]1. The predicted octanol–water partition coefficient (Wildman–Crippen LogP) is 3.35. The van der Waals surface area contributed by atoms with Crippen LogP contribution >= 0.6 is 11.6 Å². The van der Waals surface area contributed by atoms with Gasteiger partial charge in [0.25, 0.3) is 5.56 Å². The maximum Gasteiger partial charge on any atom is 0.251 e. The number of benzene rings is 1. The Morgan fingerprint density at radius 1 is 1.33 bits per heavy atom. The van der Waals surface area contributed by atoms with Crippen LogP contribution in [0.2, 0.25) is 5.02 Å². The normalized spacial score (nSPS) is 10.9. The van der Waals surface area contributed by atoms with Crippen LogP contribution in [0.4, 0.5) is 4.39 Å². The van der Waals surface area contributed by atoms with Crippen molar-refractivity contribution < 1.29 is 4.39 Å². The number of H-pyrrole nitrogens is 1. The molecule has 1 heterocycles. The van der Waals surface area contributed by atoms with Crippen LogP contribution in [0.25, 0.3) is 11.3 Å². The van der Waals surface area contributed by atoms with Gasteiger partial charge in [0.05, 0.1) is 10.7 Å². The number of halogens is 2. The highest BCUT2D eigenvalue weighted by molar-refractivity contribution is 6.33. The van der Waals surface area contributed by atoms with Crippen LogP contribution in [0.5, 0.6) is 0 Å². The van der Waals surface area contributed by atoms with Gasteiger partial charge in [-0.1, -0.05) is 25.4 Å². The molecule has 94 valence electrons. The van der Waals surface area contributed by atoms with E-state index in [0.29, 0.717) is 22.1 Å². The van der Waals surface area contributed by atoms with E-state index in [1.165, 1.54) is 24.3 Å². The minimum absolute atomic E-state index is 0.0741. The van der Waals surface area contributed by atoms with E-state index >= 15 is 0 Å². The topological polar surface area (TPSA) is 45.8 Å². The highest BCUT2D eigenvalue weighted by Gasteiger charge is 2.10. The van der Waals surface area contributed by atoms with Crippen LogP contribution in [0.3, 0.4) is 0 Å². The predicted molar refractivity (Wildman–Crippen MR) is 69.4 cm³/mol. The average molecular weight is 267 g/mol. The molecule has 0 fully saturated rings. The van der Waals surface area contributed by atoms with E-state index in [1.807, 2.05) is 13.8 Å². The number of aromatic nitrogens is 2. The van der Waals surface area contributed by atoms with Gasteiger partial charge in [-0.25, -0.2) is 9.37 Å². The van der Waals surface area contributed by atoms with Crippen molar-refractivity contribution in [3.05, 3.63) is 51.3 Å². The van der Waals surface area contributed by atoms with Gasteiger partial charge in [-0.3, -0.25) is 4.79 Å². The van der Waals surface area contributed by atoms with Gasteiger partial charge in [0.1, 0.15) is 11.6 Å². The van der Waals surface area contributed by atoms with Crippen molar-refractivity contribution in [2.75, 3.05) is 0 Å². The van der Waals surface area contributed by atoms with E-state index in [-0.39, 0.29) is 11.5 Å². The third-order valence-electron chi connectivity index (χ3n) is 2.51. The summed E-state index contributed by atoms with van der Waals surface area (Å²) < 4.78 is 13.2. The first-order valence-electron chi connectivity index (χ1n) is 5.54. The smallest absolute Gasteiger partial charge is 0.251 e. The summed E-state index contributed by atoms with van der Waals surface area (Å²) in [4.78, 5) is 18.5. The first-order chi connectivity index (χ1) is 8.47. The van der Waals surface area contributed by atoms with Crippen LogP contribution in [0.15, 0.2) is 29.1 Å². The number of nitrogens with one attached hydrogen (secondary N) is 1. The van der Waals surface area contributed by atoms with Gasteiger partial charge in [0.15, 0.2) is 0 Å². The summed E-state index contributed by atoms with van der Waals surface area (Å²) in [5.74, 6) is 0.213. The largest absolute Gasteiger partial charge is 0.310 e. The molecule has 0 radical (unpaired) electrons. The zero-order valence-electron chi connectivity index (χ0n) is 10.00. The van der Waals surface area contributed by atoms with Gasteiger partial charge >= 0.3 is 0 Å². The molecule has 1 aromatic heterocycles. The molecule has 0 aliphatic carbocycles. The van der Waals surface area contributed by atoms with Crippen LogP contribution < -0.4 is 5.56 Å². The second-order valence-corrected chi connectivity index (χ2v) is 4.70. The van der Waals surface area contributed by atoms with E-state index in [4.69, 9.17) is 11.6 Å². The van der Waals surface area contributed by atoms with Crippen molar-refractivity contribution in [1.29, 1.82) is 0 Å². The number of hydrogen-bond acceptors (Lipinski definition) is 2. The molecular weight excluding hydrogens is 255 g/mol. The first kappa shape index (κ1) is 12.8. The Morgan fingerprint density at radius 2 is 2.06 bits per heavy atom. The Balaban J connectivity index is 2.63.